The number of aromatic nitrogens is 1. The fraction of sp³-hybridized carbons (Fsp3) is 0.429. The molecular formula is C21H24N2O4. The Kier molecular flexibility index (Phi) is 4.42. The molecule has 1 N–H and O–H groups in total. The molecule has 0 aliphatic carbocycles. The number of Topliss-reactive ketones (excluding diaryl/α,β-unsaturated/α-hetero) is 1. The second-order valence-electron chi connectivity index (χ2n) is 7.24. The van der Waals surface area contributed by atoms with Crippen LogP contribution in [0.5, 0.6) is 11.5 Å². The lowest BCUT2D eigenvalue weighted by Gasteiger charge is -2.26. The van der Waals surface area contributed by atoms with E-state index in [4.69, 9.17) is 9.47 Å². The Hall–Kier alpha value is -2.76. The summed E-state index contributed by atoms with van der Waals surface area (Å²) in [7, 11) is 0. The Morgan fingerprint density at radius 2 is 1.89 bits per heavy atom. The Labute approximate surface area is 158 Å². The second kappa shape index (κ2) is 6.76. The minimum Gasteiger partial charge on any atom is -0.486 e. The van der Waals surface area contributed by atoms with E-state index in [2.05, 4.69) is 4.98 Å². The topological polar surface area (TPSA) is 71.6 Å². The molecule has 2 aliphatic heterocycles. The molecule has 4 rings (SSSR count). The van der Waals surface area contributed by atoms with Gasteiger partial charge in [0.25, 0.3) is 5.91 Å². The van der Waals surface area contributed by atoms with Crippen LogP contribution in [0, 0.1) is 13.8 Å². The Morgan fingerprint density at radius 3 is 2.59 bits per heavy atom. The summed E-state index contributed by atoms with van der Waals surface area (Å²) >= 11 is 0. The Bertz CT molecular complexity index is 915. The van der Waals surface area contributed by atoms with Crippen LogP contribution in [-0.2, 0) is 0 Å². The molecule has 6 heteroatoms. The van der Waals surface area contributed by atoms with Crippen LogP contribution in [-0.4, -0.2) is 41.3 Å². The molecule has 1 amide bonds. The number of H-pyrrole nitrogens is 1. The third kappa shape index (κ3) is 2.99. The number of rotatable bonds is 3. The maximum Gasteiger partial charge on any atom is 0.271 e. The molecule has 1 aromatic heterocycles. The van der Waals surface area contributed by atoms with Crippen LogP contribution in [0.2, 0.25) is 0 Å². The fourth-order valence-corrected chi connectivity index (χ4v) is 4.26. The average Bonchev–Trinajstić information content (AvgIpc) is 3.25. The Morgan fingerprint density at radius 1 is 1.15 bits per heavy atom. The van der Waals surface area contributed by atoms with E-state index in [9.17, 15) is 9.59 Å². The number of benzene rings is 1. The number of amides is 1. The first-order chi connectivity index (χ1) is 13.0. The summed E-state index contributed by atoms with van der Waals surface area (Å²) in [6, 6.07) is 5.91. The second-order valence-corrected chi connectivity index (χ2v) is 7.24. The van der Waals surface area contributed by atoms with Gasteiger partial charge in [-0.25, -0.2) is 0 Å². The zero-order valence-corrected chi connectivity index (χ0v) is 15.9. The maximum atomic E-state index is 13.3. The van der Waals surface area contributed by atoms with Gasteiger partial charge in [-0.15, -0.1) is 0 Å². The van der Waals surface area contributed by atoms with Crippen molar-refractivity contribution in [1.29, 1.82) is 0 Å². The van der Waals surface area contributed by atoms with Gasteiger partial charge in [0.1, 0.15) is 18.9 Å². The van der Waals surface area contributed by atoms with Gasteiger partial charge in [-0.3, -0.25) is 9.59 Å². The van der Waals surface area contributed by atoms with Crippen molar-refractivity contribution >= 4 is 11.7 Å². The highest BCUT2D eigenvalue weighted by Crippen LogP contribution is 2.39. The molecular weight excluding hydrogens is 344 g/mol. The molecule has 0 spiro atoms. The molecule has 142 valence electrons. The van der Waals surface area contributed by atoms with Crippen molar-refractivity contribution in [1.82, 2.24) is 9.88 Å². The van der Waals surface area contributed by atoms with Crippen molar-refractivity contribution in [3.63, 3.8) is 0 Å². The molecule has 2 aromatic rings. The van der Waals surface area contributed by atoms with Crippen molar-refractivity contribution < 1.29 is 19.1 Å². The van der Waals surface area contributed by atoms with E-state index in [1.54, 1.807) is 0 Å². The third-order valence-electron chi connectivity index (χ3n) is 5.47. The monoisotopic (exact) mass is 368 g/mol. The zero-order valence-electron chi connectivity index (χ0n) is 15.9. The smallest absolute Gasteiger partial charge is 0.271 e. The number of aromatic amines is 1. The molecule has 0 bridgehead atoms. The van der Waals surface area contributed by atoms with Gasteiger partial charge in [-0.2, -0.15) is 0 Å². The Balaban J connectivity index is 1.65. The van der Waals surface area contributed by atoms with Crippen molar-refractivity contribution in [2.45, 2.75) is 39.7 Å². The summed E-state index contributed by atoms with van der Waals surface area (Å²) in [6.45, 7) is 7.00. The van der Waals surface area contributed by atoms with Crippen molar-refractivity contribution in [2.75, 3.05) is 19.8 Å². The number of likely N-dealkylation sites (tertiary alicyclic amines) is 1. The highest BCUT2D eigenvalue weighted by atomic mass is 16.6. The van der Waals surface area contributed by atoms with Gasteiger partial charge >= 0.3 is 0 Å². The van der Waals surface area contributed by atoms with E-state index >= 15 is 0 Å². The van der Waals surface area contributed by atoms with Crippen LogP contribution in [0.4, 0.5) is 0 Å². The molecule has 1 unspecified atom stereocenters. The van der Waals surface area contributed by atoms with Crippen LogP contribution in [0.1, 0.15) is 63.5 Å². The van der Waals surface area contributed by atoms with Crippen molar-refractivity contribution in [3.8, 4) is 11.5 Å². The van der Waals surface area contributed by atoms with Gasteiger partial charge in [-0.05, 0) is 56.9 Å². The van der Waals surface area contributed by atoms with Crippen LogP contribution in [0.25, 0.3) is 0 Å². The molecule has 6 nitrogen and oxygen atoms in total. The van der Waals surface area contributed by atoms with Gasteiger partial charge in [0.15, 0.2) is 17.3 Å². The number of hydrogen-bond acceptors (Lipinski definition) is 4. The van der Waals surface area contributed by atoms with Crippen LogP contribution >= 0.6 is 0 Å². The van der Waals surface area contributed by atoms with Crippen LogP contribution < -0.4 is 9.47 Å². The number of aryl methyl sites for hydroxylation is 1. The number of hydrogen-bond donors (Lipinski definition) is 1. The quantitative estimate of drug-likeness (QED) is 0.841. The molecule has 3 heterocycles. The normalized spacial score (nSPS) is 18.6. The minimum absolute atomic E-state index is 0.00268. The van der Waals surface area contributed by atoms with Crippen LogP contribution in [0.3, 0.4) is 0 Å². The maximum absolute atomic E-state index is 13.3. The number of ketones is 1. The number of nitrogens with one attached hydrogen (secondary N) is 1. The van der Waals surface area contributed by atoms with Gasteiger partial charge in [0, 0.05) is 17.8 Å². The summed E-state index contributed by atoms with van der Waals surface area (Å²) in [5, 5.41) is 0. The molecule has 1 saturated heterocycles. The number of ether oxygens (including phenoxy) is 2. The van der Waals surface area contributed by atoms with Gasteiger partial charge < -0.3 is 19.4 Å². The van der Waals surface area contributed by atoms with E-state index in [1.807, 2.05) is 36.9 Å². The summed E-state index contributed by atoms with van der Waals surface area (Å²) in [6.07, 6.45) is 1.85. The summed E-state index contributed by atoms with van der Waals surface area (Å²) in [4.78, 5) is 30.2. The first-order valence-electron chi connectivity index (χ1n) is 9.38. The lowest BCUT2D eigenvalue weighted by molar-refractivity contribution is 0.0729. The highest BCUT2D eigenvalue weighted by molar-refractivity contribution is 6.02. The predicted octanol–water partition coefficient (Wildman–Crippen LogP) is 3.58. The molecule has 27 heavy (non-hydrogen) atoms. The molecule has 1 aromatic carbocycles. The van der Waals surface area contributed by atoms with Crippen molar-refractivity contribution in [2.24, 2.45) is 0 Å². The summed E-state index contributed by atoms with van der Waals surface area (Å²) < 4.78 is 11.3. The van der Waals surface area contributed by atoms with E-state index in [0.717, 1.165) is 41.2 Å². The number of nitrogens with zero attached hydrogens (tertiary/aromatic N) is 1. The summed E-state index contributed by atoms with van der Waals surface area (Å²) in [5.41, 5.74) is 3.67. The lowest BCUT2D eigenvalue weighted by Crippen LogP contribution is -2.31. The number of carbonyl (C=O) groups is 2. The van der Waals surface area contributed by atoms with Crippen LogP contribution in [0.15, 0.2) is 18.2 Å². The van der Waals surface area contributed by atoms with Gasteiger partial charge in [0.05, 0.1) is 6.04 Å². The van der Waals surface area contributed by atoms with E-state index in [-0.39, 0.29) is 17.7 Å². The summed E-state index contributed by atoms with van der Waals surface area (Å²) in [5.74, 6) is 1.41. The van der Waals surface area contributed by atoms with Gasteiger partial charge in [-0.1, -0.05) is 6.07 Å². The first kappa shape index (κ1) is 17.6. The molecule has 1 fully saturated rings. The van der Waals surface area contributed by atoms with E-state index in [1.165, 1.54) is 6.92 Å². The average molecular weight is 368 g/mol. The van der Waals surface area contributed by atoms with Crippen molar-refractivity contribution in [3.05, 3.63) is 46.3 Å². The SMILES string of the molecule is CC(=O)c1c(C)[nH]c(C(=O)N2CCCC2c2ccc3c(c2)OCCO3)c1C. The highest BCUT2D eigenvalue weighted by Gasteiger charge is 2.33. The predicted molar refractivity (Wildman–Crippen MR) is 101 cm³/mol. The molecule has 0 saturated carbocycles. The minimum atomic E-state index is -0.0551. The standard InChI is InChI=1S/C21H24N2O4/c1-12-19(14(3)24)13(2)22-20(12)21(25)23-8-4-5-16(23)15-6-7-17-18(11-15)27-10-9-26-17/h6-7,11,16,22H,4-5,8-10H2,1-3H3. The molecule has 0 radical (unpaired) electrons. The number of fused-ring (bicyclic) bond motifs is 1. The number of carbonyl (C=O) groups excluding carboxylic acids is 2. The third-order valence-corrected chi connectivity index (χ3v) is 5.47. The van der Waals surface area contributed by atoms with E-state index < -0.39 is 0 Å². The lowest BCUT2D eigenvalue weighted by atomic mass is 10.0. The largest absolute Gasteiger partial charge is 0.486 e. The van der Waals surface area contributed by atoms with Gasteiger partial charge in [0.2, 0.25) is 0 Å². The zero-order chi connectivity index (χ0) is 19.1. The molecule has 1 atom stereocenters. The van der Waals surface area contributed by atoms with E-state index in [0.29, 0.717) is 31.0 Å². The molecule has 2 aliphatic rings. The first-order valence-corrected chi connectivity index (χ1v) is 9.38. The fourth-order valence-electron chi connectivity index (χ4n) is 4.26.